The zero-order chi connectivity index (χ0) is 17.6. The average Bonchev–Trinajstić information content (AvgIpc) is 3.11. The molecule has 0 aliphatic carbocycles. The van der Waals surface area contributed by atoms with Crippen molar-refractivity contribution >= 4 is 11.8 Å². The van der Waals surface area contributed by atoms with E-state index in [4.69, 9.17) is 9.47 Å². The number of rotatable bonds is 6. The highest BCUT2D eigenvalue weighted by Gasteiger charge is 2.19. The van der Waals surface area contributed by atoms with Gasteiger partial charge in [0.2, 0.25) is 0 Å². The molecule has 0 amide bonds. The number of benzene rings is 1. The van der Waals surface area contributed by atoms with Gasteiger partial charge in [-0.05, 0) is 24.1 Å². The van der Waals surface area contributed by atoms with Gasteiger partial charge in [-0.25, -0.2) is 0 Å². The van der Waals surface area contributed by atoms with Crippen LogP contribution in [0.4, 0.5) is 0 Å². The Hall–Kier alpha value is -2.22. The van der Waals surface area contributed by atoms with Gasteiger partial charge in [-0.15, -0.1) is 10.2 Å². The second kappa shape index (κ2) is 8.44. The fourth-order valence-electron chi connectivity index (χ4n) is 2.81. The summed E-state index contributed by atoms with van der Waals surface area (Å²) in [6.45, 7) is 1.85. The maximum Gasteiger partial charge on any atom is 0.191 e. The third-order valence-corrected chi connectivity index (χ3v) is 5.29. The summed E-state index contributed by atoms with van der Waals surface area (Å²) >= 11 is 1.68. The Balaban J connectivity index is 1.59. The first-order valence-electron chi connectivity index (χ1n) is 8.60. The molecule has 1 saturated heterocycles. The summed E-state index contributed by atoms with van der Waals surface area (Å²) in [5.74, 6) is 1.67. The zero-order valence-corrected chi connectivity index (χ0v) is 15.1. The number of ether oxygens (including phenoxy) is 2. The highest BCUT2D eigenvalue weighted by Crippen LogP contribution is 2.26. The minimum atomic E-state index is 0.192. The molecule has 2 aromatic heterocycles. The van der Waals surface area contributed by atoms with E-state index < -0.39 is 0 Å². The van der Waals surface area contributed by atoms with Crippen molar-refractivity contribution in [2.75, 3.05) is 19.2 Å². The molecule has 4 rings (SSSR count). The fraction of sp³-hybridized carbons (Fsp3) is 0.316. The number of nitrogens with zero attached hydrogens (tertiary/aromatic N) is 4. The van der Waals surface area contributed by atoms with Gasteiger partial charge in [-0.3, -0.25) is 9.55 Å². The van der Waals surface area contributed by atoms with Crippen LogP contribution in [0, 0.1) is 0 Å². The maximum absolute atomic E-state index is 5.64. The van der Waals surface area contributed by atoms with Crippen LogP contribution in [0.15, 0.2) is 60.0 Å². The van der Waals surface area contributed by atoms with Gasteiger partial charge in [0, 0.05) is 23.7 Å². The molecule has 0 spiro atoms. The second-order valence-corrected chi connectivity index (χ2v) is 7.02. The van der Waals surface area contributed by atoms with Crippen LogP contribution in [0.2, 0.25) is 0 Å². The Morgan fingerprint density at radius 3 is 2.81 bits per heavy atom. The SMILES string of the molecule is c1ccc(Cn2c(SC[C@H]3CCOCO3)nnc2-c2cccnc2)cc1. The van der Waals surface area contributed by atoms with Crippen LogP contribution in [0.1, 0.15) is 12.0 Å². The van der Waals surface area contributed by atoms with E-state index >= 15 is 0 Å². The topological polar surface area (TPSA) is 62.1 Å². The second-order valence-electron chi connectivity index (χ2n) is 6.03. The summed E-state index contributed by atoms with van der Waals surface area (Å²) < 4.78 is 13.0. The molecule has 0 N–H and O–H groups in total. The molecule has 0 bridgehead atoms. The molecule has 0 radical (unpaired) electrons. The van der Waals surface area contributed by atoms with E-state index in [1.807, 2.05) is 36.5 Å². The van der Waals surface area contributed by atoms with Crippen molar-refractivity contribution in [3.8, 4) is 11.4 Å². The molecule has 3 heterocycles. The van der Waals surface area contributed by atoms with Crippen LogP contribution in [0.5, 0.6) is 0 Å². The van der Waals surface area contributed by atoms with Gasteiger partial charge in [0.1, 0.15) is 6.79 Å². The minimum absolute atomic E-state index is 0.192. The predicted molar refractivity (Wildman–Crippen MR) is 99.8 cm³/mol. The van der Waals surface area contributed by atoms with Crippen molar-refractivity contribution < 1.29 is 9.47 Å². The molecule has 6 nitrogen and oxygen atoms in total. The van der Waals surface area contributed by atoms with Crippen molar-refractivity contribution in [2.45, 2.75) is 24.2 Å². The molecule has 26 heavy (non-hydrogen) atoms. The smallest absolute Gasteiger partial charge is 0.191 e. The largest absolute Gasteiger partial charge is 0.355 e. The van der Waals surface area contributed by atoms with Crippen LogP contribution >= 0.6 is 11.8 Å². The van der Waals surface area contributed by atoms with Crippen molar-refractivity contribution in [1.82, 2.24) is 19.7 Å². The third-order valence-electron chi connectivity index (χ3n) is 4.19. The normalized spacial score (nSPS) is 17.3. The summed E-state index contributed by atoms with van der Waals surface area (Å²) in [5, 5.41) is 9.76. The van der Waals surface area contributed by atoms with E-state index in [9.17, 15) is 0 Å². The standard InChI is InChI=1S/C19H20N4O2S/c1-2-5-15(6-3-1)12-23-18(16-7-4-9-20-11-16)21-22-19(23)26-13-17-8-10-24-14-25-17/h1-7,9,11,17H,8,10,12-14H2/t17-/m1/s1. The van der Waals surface area contributed by atoms with Crippen LogP contribution in [-0.2, 0) is 16.0 Å². The van der Waals surface area contributed by atoms with Crippen LogP contribution < -0.4 is 0 Å². The lowest BCUT2D eigenvalue weighted by Gasteiger charge is -2.22. The number of aromatic nitrogens is 4. The van der Waals surface area contributed by atoms with Gasteiger partial charge in [0.25, 0.3) is 0 Å². The Kier molecular flexibility index (Phi) is 5.59. The fourth-order valence-corrected chi connectivity index (χ4v) is 3.82. The van der Waals surface area contributed by atoms with E-state index in [2.05, 4.69) is 31.9 Å². The molecule has 1 aromatic carbocycles. The molecule has 134 valence electrons. The molecular weight excluding hydrogens is 348 g/mol. The predicted octanol–water partition coefficient (Wildman–Crippen LogP) is 3.24. The molecular formula is C19H20N4O2S. The lowest BCUT2D eigenvalue weighted by Crippen LogP contribution is -2.25. The van der Waals surface area contributed by atoms with E-state index in [1.54, 1.807) is 18.0 Å². The molecule has 0 saturated carbocycles. The third kappa shape index (κ3) is 4.12. The molecule has 0 unspecified atom stereocenters. The van der Waals surface area contributed by atoms with Crippen LogP contribution in [-0.4, -0.2) is 45.0 Å². The first-order valence-corrected chi connectivity index (χ1v) is 9.58. The molecule has 1 fully saturated rings. The molecule has 3 aromatic rings. The Bertz CT molecular complexity index is 820. The Labute approximate surface area is 156 Å². The summed E-state index contributed by atoms with van der Waals surface area (Å²) in [5.41, 5.74) is 2.17. The summed E-state index contributed by atoms with van der Waals surface area (Å²) in [7, 11) is 0. The summed E-state index contributed by atoms with van der Waals surface area (Å²) in [6, 6.07) is 14.3. The number of hydrogen-bond donors (Lipinski definition) is 0. The average molecular weight is 368 g/mol. The quantitative estimate of drug-likeness (QED) is 0.623. The van der Waals surface area contributed by atoms with Crippen LogP contribution in [0.3, 0.4) is 0 Å². The summed E-state index contributed by atoms with van der Waals surface area (Å²) in [4.78, 5) is 4.22. The zero-order valence-electron chi connectivity index (χ0n) is 14.3. The molecule has 1 atom stereocenters. The Morgan fingerprint density at radius 1 is 1.12 bits per heavy atom. The van der Waals surface area contributed by atoms with E-state index in [0.29, 0.717) is 6.79 Å². The van der Waals surface area contributed by atoms with Crippen molar-refractivity contribution in [1.29, 1.82) is 0 Å². The summed E-state index contributed by atoms with van der Waals surface area (Å²) in [6.07, 6.45) is 4.69. The minimum Gasteiger partial charge on any atom is -0.355 e. The lowest BCUT2D eigenvalue weighted by molar-refractivity contribution is -0.130. The number of pyridine rings is 1. The molecule has 1 aliphatic rings. The van der Waals surface area contributed by atoms with E-state index in [-0.39, 0.29) is 6.10 Å². The monoisotopic (exact) mass is 368 g/mol. The van der Waals surface area contributed by atoms with Crippen LogP contribution in [0.25, 0.3) is 11.4 Å². The van der Waals surface area contributed by atoms with Gasteiger partial charge in [0.05, 0.1) is 19.3 Å². The van der Waals surface area contributed by atoms with Gasteiger partial charge in [-0.1, -0.05) is 42.1 Å². The molecule has 1 aliphatic heterocycles. The highest BCUT2D eigenvalue weighted by molar-refractivity contribution is 7.99. The van der Waals surface area contributed by atoms with Crippen molar-refractivity contribution in [3.05, 3.63) is 60.4 Å². The maximum atomic E-state index is 5.64. The first-order chi connectivity index (χ1) is 12.9. The lowest BCUT2D eigenvalue weighted by atomic mass is 10.2. The van der Waals surface area contributed by atoms with Crippen molar-refractivity contribution in [2.24, 2.45) is 0 Å². The number of thioether (sulfide) groups is 1. The van der Waals surface area contributed by atoms with Crippen molar-refractivity contribution in [3.63, 3.8) is 0 Å². The van der Waals surface area contributed by atoms with Gasteiger partial charge in [-0.2, -0.15) is 0 Å². The first kappa shape index (κ1) is 17.2. The number of hydrogen-bond acceptors (Lipinski definition) is 6. The van der Waals surface area contributed by atoms with Gasteiger partial charge < -0.3 is 9.47 Å². The van der Waals surface area contributed by atoms with E-state index in [1.165, 1.54) is 5.56 Å². The van der Waals surface area contributed by atoms with Gasteiger partial charge >= 0.3 is 0 Å². The Morgan fingerprint density at radius 2 is 2.04 bits per heavy atom. The van der Waals surface area contributed by atoms with Gasteiger partial charge in [0.15, 0.2) is 11.0 Å². The molecule has 7 heteroatoms. The van der Waals surface area contributed by atoms with E-state index in [0.717, 1.165) is 41.9 Å². The highest BCUT2D eigenvalue weighted by atomic mass is 32.2.